The van der Waals surface area contributed by atoms with Crippen LogP contribution in [0.15, 0.2) is 24.5 Å². The number of hydrogen-bond acceptors (Lipinski definition) is 6. The van der Waals surface area contributed by atoms with Crippen LogP contribution in [0.3, 0.4) is 0 Å². The lowest BCUT2D eigenvalue weighted by molar-refractivity contribution is -0.383. The Bertz CT molecular complexity index is 747. The van der Waals surface area contributed by atoms with E-state index in [1.165, 1.54) is 13.0 Å². The van der Waals surface area contributed by atoms with Gasteiger partial charge in [0.25, 0.3) is 0 Å². The molecule has 2 aromatic rings. The number of anilines is 1. The van der Waals surface area contributed by atoms with Crippen LogP contribution in [0.4, 0.5) is 10.7 Å². The predicted molar refractivity (Wildman–Crippen MR) is 91.2 cm³/mol. The highest BCUT2D eigenvalue weighted by atomic mass is 32.1. The lowest BCUT2D eigenvalue weighted by atomic mass is 9.88. The summed E-state index contributed by atoms with van der Waals surface area (Å²) in [6, 6.07) is 3.35. The average molecular weight is 333 g/mol. The molecule has 0 atom stereocenters. The Morgan fingerprint density at radius 1 is 1.35 bits per heavy atom. The maximum absolute atomic E-state index is 11.4. The Kier molecular flexibility index (Phi) is 4.79. The van der Waals surface area contributed by atoms with Crippen molar-refractivity contribution < 1.29 is 9.72 Å². The molecule has 122 valence electrons. The normalized spacial score (nSPS) is 11.3. The molecular formula is C16H19N3O3S. The number of Topliss-reactive ketones (excluding diaryl/α,β-unsaturated/α-hetero) is 1. The Hall–Kier alpha value is -2.28. The summed E-state index contributed by atoms with van der Waals surface area (Å²) in [7, 11) is 0. The Morgan fingerprint density at radius 3 is 2.61 bits per heavy atom. The summed E-state index contributed by atoms with van der Waals surface area (Å²) in [4.78, 5) is 26.6. The van der Waals surface area contributed by atoms with E-state index in [9.17, 15) is 14.9 Å². The van der Waals surface area contributed by atoms with E-state index < -0.39 is 4.92 Å². The highest BCUT2D eigenvalue weighted by Gasteiger charge is 2.21. The van der Waals surface area contributed by atoms with E-state index in [0.717, 1.165) is 22.5 Å². The molecule has 7 heteroatoms. The highest BCUT2D eigenvalue weighted by molar-refractivity contribution is 7.18. The van der Waals surface area contributed by atoms with E-state index in [4.69, 9.17) is 0 Å². The second kappa shape index (κ2) is 6.45. The topological polar surface area (TPSA) is 85.1 Å². The van der Waals surface area contributed by atoms with Gasteiger partial charge in [-0.15, -0.1) is 11.3 Å². The van der Waals surface area contributed by atoms with Crippen molar-refractivity contribution >= 4 is 27.8 Å². The van der Waals surface area contributed by atoms with Crippen molar-refractivity contribution in [1.29, 1.82) is 0 Å². The molecule has 2 heterocycles. The number of nitrogens with one attached hydrogen (secondary N) is 1. The number of nitro groups is 1. The minimum atomic E-state index is -0.477. The second-order valence-corrected chi connectivity index (χ2v) is 7.38. The molecule has 2 aromatic heterocycles. The van der Waals surface area contributed by atoms with Gasteiger partial charge in [0.2, 0.25) is 0 Å². The molecule has 0 saturated heterocycles. The summed E-state index contributed by atoms with van der Waals surface area (Å²) < 4.78 is 0. The van der Waals surface area contributed by atoms with Crippen molar-refractivity contribution in [2.75, 3.05) is 5.32 Å². The molecule has 0 unspecified atom stereocenters. The average Bonchev–Trinajstić information content (AvgIpc) is 2.89. The lowest BCUT2D eigenvalue weighted by Gasteiger charge is -2.19. The van der Waals surface area contributed by atoms with E-state index >= 15 is 0 Å². The molecule has 0 aliphatic carbocycles. The SMILES string of the molecule is CC(=O)c1cc([N+](=O)[O-])c(NCc2cncc(C(C)(C)C)c2)s1. The van der Waals surface area contributed by atoms with Crippen LogP contribution in [0.25, 0.3) is 0 Å². The number of nitrogens with zero attached hydrogens (tertiary/aromatic N) is 2. The van der Waals surface area contributed by atoms with E-state index in [2.05, 4.69) is 31.1 Å². The predicted octanol–water partition coefficient (Wildman–Crippen LogP) is 4.16. The molecule has 0 aromatic carbocycles. The Balaban J connectivity index is 2.21. The number of rotatable bonds is 5. The van der Waals surface area contributed by atoms with Crippen LogP contribution in [0.5, 0.6) is 0 Å². The van der Waals surface area contributed by atoms with Crippen LogP contribution in [0.1, 0.15) is 48.5 Å². The first-order valence-electron chi connectivity index (χ1n) is 7.16. The van der Waals surface area contributed by atoms with E-state index in [1.54, 1.807) is 6.20 Å². The number of thiophene rings is 1. The van der Waals surface area contributed by atoms with Crippen molar-refractivity contribution in [2.45, 2.75) is 39.7 Å². The van der Waals surface area contributed by atoms with E-state index in [1.807, 2.05) is 12.3 Å². The third-order valence-corrected chi connectivity index (χ3v) is 4.55. The van der Waals surface area contributed by atoms with Crippen molar-refractivity contribution in [1.82, 2.24) is 4.98 Å². The van der Waals surface area contributed by atoms with E-state index in [-0.39, 0.29) is 16.9 Å². The van der Waals surface area contributed by atoms with Gasteiger partial charge >= 0.3 is 5.69 Å². The summed E-state index contributed by atoms with van der Waals surface area (Å²) in [6.45, 7) is 8.12. The van der Waals surface area contributed by atoms with Gasteiger partial charge in [-0.1, -0.05) is 26.8 Å². The molecule has 0 radical (unpaired) electrons. The summed E-state index contributed by atoms with van der Waals surface area (Å²) in [5.41, 5.74) is 1.95. The van der Waals surface area contributed by atoms with Crippen LogP contribution >= 0.6 is 11.3 Å². The monoisotopic (exact) mass is 333 g/mol. The van der Waals surface area contributed by atoms with Gasteiger partial charge in [-0.05, 0) is 23.5 Å². The minimum absolute atomic E-state index is 0.0141. The summed E-state index contributed by atoms with van der Waals surface area (Å²) in [5, 5.41) is 14.5. The molecule has 0 spiro atoms. The van der Waals surface area contributed by atoms with Crippen LogP contribution in [-0.4, -0.2) is 15.7 Å². The third-order valence-electron chi connectivity index (χ3n) is 3.37. The first kappa shape index (κ1) is 17.1. The fourth-order valence-corrected chi connectivity index (χ4v) is 2.91. The van der Waals surface area contributed by atoms with Gasteiger partial charge in [-0.3, -0.25) is 19.9 Å². The van der Waals surface area contributed by atoms with Gasteiger partial charge in [-0.25, -0.2) is 0 Å². The lowest BCUT2D eigenvalue weighted by Crippen LogP contribution is -2.12. The van der Waals surface area contributed by atoms with Crippen LogP contribution < -0.4 is 5.32 Å². The van der Waals surface area contributed by atoms with Gasteiger partial charge in [0.1, 0.15) is 0 Å². The van der Waals surface area contributed by atoms with E-state index in [0.29, 0.717) is 16.4 Å². The molecule has 0 bridgehead atoms. The molecule has 2 rings (SSSR count). The van der Waals surface area contributed by atoms with Crippen LogP contribution in [-0.2, 0) is 12.0 Å². The van der Waals surface area contributed by atoms with Crippen molar-refractivity contribution in [2.24, 2.45) is 0 Å². The van der Waals surface area contributed by atoms with Gasteiger partial charge < -0.3 is 5.32 Å². The summed E-state index contributed by atoms with van der Waals surface area (Å²) in [5.74, 6) is -0.178. The molecule has 23 heavy (non-hydrogen) atoms. The Labute approximate surface area is 138 Å². The third kappa shape index (κ3) is 4.13. The minimum Gasteiger partial charge on any atom is -0.367 e. The van der Waals surface area contributed by atoms with Crippen molar-refractivity contribution in [3.8, 4) is 0 Å². The highest BCUT2D eigenvalue weighted by Crippen LogP contribution is 2.35. The fraction of sp³-hybridized carbons (Fsp3) is 0.375. The number of aromatic nitrogens is 1. The van der Waals surface area contributed by atoms with Gasteiger partial charge in [0.05, 0.1) is 9.80 Å². The summed E-state index contributed by atoms with van der Waals surface area (Å²) >= 11 is 1.10. The first-order chi connectivity index (χ1) is 10.7. The number of carbonyl (C=O) groups is 1. The maximum Gasteiger partial charge on any atom is 0.304 e. The first-order valence-corrected chi connectivity index (χ1v) is 7.97. The van der Waals surface area contributed by atoms with Crippen LogP contribution in [0, 0.1) is 10.1 Å². The largest absolute Gasteiger partial charge is 0.367 e. The molecule has 0 aliphatic heterocycles. The van der Waals surface area contributed by atoms with Gasteiger partial charge in [-0.2, -0.15) is 0 Å². The quantitative estimate of drug-likeness (QED) is 0.504. The number of carbonyl (C=O) groups excluding carboxylic acids is 1. The second-order valence-electron chi connectivity index (χ2n) is 6.32. The van der Waals surface area contributed by atoms with Crippen molar-refractivity contribution in [3.63, 3.8) is 0 Å². The zero-order valence-electron chi connectivity index (χ0n) is 13.5. The molecule has 1 N–H and O–H groups in total. The molecule has 0 saturated carbocycles. The maximum atomic E-state index is 11.4. The summed E-state index contributed by atoms with van der Waals surface area (Å²) in [6.07, 6.45) is 3.55. The number of pyridine rings is 1. The van der Waals surface area contributed by atoms with Crippen molar-refractivity contribution in [3.05, 3.63) is 50.6 Å². The molecule has 0 aliphatic rings. The molecule has 0 amide bonds. The Morgan fingerprint density at radius 2 is 2.04 bits per heavy atom. The van der Waals surface area contributed by atoms with Gasteiger partial charge in [0.15, 0.2) is 10.8 Å². The number of ketones is 1. The number of hydrogen-bond donors (Lipinski definition) is 1. The zero-order chi connectivity index (χ0) is 17.2. The molecule has 0 fully saturated rings. The molecular weight excluding hydrogens is 314 g/mol. The standard InChI is InChI=1S/C16H19N3O3S/c1-10(20)14-6-13(19(21)22)15(23-14)18-8-11-5-12(9-17-7-11)16(2,3)4/h5-7,9,18H,8H2,1-4H3. The smallest absolute Gasteiger partial charge is 0.304 e. The zero-order valence-corrected chi connectivity index (χ0v) is 14.4. The van der Waals surface area contributed by atoms with Crippen LogP contribution in [0.2, 0.25) is 0 Å². The van der Waals surface area contributed by atoms with Gasteiger partial charge in [0, 0.05) is 25.0 Å². The molecule has 6 nitrogen and oxygen atoms in total. The fourth-order valence-electron chi connectivity index (χ4n) is 1.99.